The number of halogens is 1. The molecule has 1 atom stereocenters. The van der Waals surface area contributed by atoms with E-state index >= 15 is 0 Å². The Labute approximate surface area is 134 Å². The van der Waals surface area contributed by atoms with Gasteiger partial charge < -0.3 is 0 Å². The van der Waals surface area contributed by atoms with E-state index in [2.05, 4.69) is 15.9 Å². The summed E-state index contributed by atoms with van der Waals surface area (Å²) in [5.74, 6) is 0.0383. The third kappa shape index (κ3) is 4.14. The second-order valence-electron chi connectivity index (χ2n) is 5.48. The summed E-state index contributed by atoms with van der Waals surface area (Å²) in [6.07, 6.45) is 3.89. The summed E-state index contributed by atoms with van der Waals surface area (Å²) in [7, 11) is -3.55. The summed E-state index contributed by atoms with van der Waals surface area (Å²) in [5.41, 5.74) is 0. The fourth-order valence-electron chi connectivity index (χ4n) is 2.77. The predicted molar refractivity (Wildman–Crippen MR) is 85.6 cm³/mol. The van der Waals surface area contributed by atoms with E-state index in [9.17, 15) is 13.2 Å². The number of ketones is 1. The summed E-state index contributed by atoms with van der Waals surface area (Å²) < 4.78 is 28.0. The highest BCUT2D eigenvalue weighted by molar-refractivity contribution is 9.10. The van der Waals surface area contributed by atoms with Crippen LogP contribution in [0.5, 0.6) is 0 Å². The highest BCUT2D eigenvalue weighted by Crippen LogP contribution is 2.27. The molecule has 116 valence electrons. The van der Waals surface area contributed by atoms with Gasteiger partial charge in [0, 0.05) is 23.5 Å². The minimum atomic E-state index is -3.55. The van der Waals surface area contributed by atoms with E-state index in [0.29, 0.717) is 13.0 Å². The van der Waals surface area contributed by atoms with Crippen LogP contribution >= 0.6 is 15.9 Å². The zero-order chi connectivity index (χ0) is 15.5. The van der Waals surface area contributed by atoms with E-state index in [1.165, 1.54) is 11.2 Å². The van der Waals surface area contributed by atoms with Crippen molar-refractivity contribution in [1.29, 1.82) is 0 Å². The molecule has 1 aliphatic rings. The van der Waals surface area contributed by atoms with Crippen molar-refractivity contribution >= 4 is 31.7 Å². The van der Waals surface area contributed by atoms with Crippen molar-refractivity contribution < 1.29 is 13.2 Å². The van der Waals surface area contributed by atoms with Gasteiger partial charge in [0.15, 0.2) is 0 Å². The van der Waals surface area contributed by atoms with Crippen molar-refractivity contribution in [3.8, 4) is 0 Å². The Morgan fingerprint density at radius 2 is 2.10 bits per heavy atom. The van der Waals surface area contributed by atoms with Crippen molar-refractivity contribution in [3.05, 3.63) is 28.7 Å². The lowest BCUT2D eigenvalue weighted by Gasteiger charge is -2.28. The lowest BCUT2D eigenvalue weighted by atomic mass is 10.1. The molecule has 0 aliphatic carbocycles. The van der Waals surface area contributed by atoms with Gasteiger partial charge in [-0.15, -0.1) is 0 Å². The molecular weight excluding hydrogens is 354 g/mol. The van der Waals surface area contributed by atoms with E-state index in [1.807, 2.05) is 0 Å². The lowest BCUT2D eigenvalue weighted by molar-refractivity contribution is -0.117. The number of nitrogens with zero attached hydrogens (tertiary/aromatic N) is 1. The molecule has 0 amide bonds. The standard InChI is InChI=1S/C15H20BrNO3S/c1-12(18)10-14-7-3-2-4-9-17(14)21(19,20)15-8-5-6-13(16)11-15/h5-6,8,11,14H,2-4,7,9-10H2,1H3. The second kappa shape index (κ2) is 7.03. The Morgan fingerprint density at radius 1 is 1.33 bits per heavy atom. The third-order valence-electron chi connectivity index (χ3n) is 3.75. The van der Waals surface area contributed by atoms with Gasteiger partial charge in [0.1, 0.15) is 5.78 Å². The molecular formula is C15H20BrNO3S. The van der Waals surface area contributed by atoms with Gasteiger partial charge in [-0.1, -0.05) is 34.8 Å². The van der Waals surface area contributed by atoms with Gasteiger partial charge in [-0.25, -0.2) is 8.42 Å². The molecule has 1 heterocycles. The highest BCUT2D eigenvalue weighted by Gasteiger charge is 2.33. The first-order chi connectivity index (χ1) is 9.91. The predicted octanol–water partition coefficient (Wildman–Crippen LogP) is 3.36. The fraction of sp³-hybridized carbons (Fsp3) is 0.533. The average molecular weight is 374 g/mol. The van der Waals surface area contributed by atoms with Gasteiger partial charge in [0.2, 0.25) is 10.0 Å². The molecule has 1 saturated heterocycles. The molecule has 1 aromatic rings. The normalized spacial score (nSPS) is 21.0. The summed E-state index contributed by atoms with van der Waals surface area (Å²) in [6.45, 7) is 2.02. The van der Waals surface area contributed by atoms with Gasteiger partial charge in [-0.05, 0) is 38.0 Å². The average Bonchev–Trinajstić information content (AvgIpc) is 2.64. The fourth-order valence-corrected chi connectivity index (χ4v) is 5.06. The maximum absolute atomic E-state index is 12.9. The van der Waals surface area contributed by atoms with Crippen LogP contribution in [0.2, 0.25) is 0 Å². The first-order valence-corrected chi connectivity index (χ1v) is 9.41. The molecule has 0 radical (unpaired) electrons. The lowest BCUT2D eigenvalue weighted by Crippen LogP contribution is -2.40. The maximum atomic E-state index is 12.9. The third-order valence-corrected chi connectivity index (χ3v) is 6.19. The van der Waals surface area contributed by atoms with E-state index in [1.54, 1.807) is 24.3 Å². The first kappa shape index (κ1) is 16.6. The van der Waals surface area contributed by atoms with Crippen molar-refractivity contribution in [2.75, 3.05) is 6.54 Å². The molecule has 1 fully saturated rings. The first-order valence-electron chi connectivity index (χ1n) is 7.18. The van der Waals surface area contributed by atoms with E-state index < -0.39 is 10.0 Å². The van der Waals surface area contributed by atoms with Gasteiger partial charge in [-0.2, -0.15) is 4.31 Å². The molecule has 0 spiro atoms. The molecule has 1 unspecified atom stereocenters. The number of carbonyl (C=O) groups is 1. The van der Waals surface area contributed by atoms with Crippen LogP contribution in [0.4, 0.5) is 0 Å². The van der Waals surface area contributed by atoms with Crippen LogP contribution in [0, 0.1) is 0 Å². The van der Waals surface area contributed by atoms with Crippen molar-refractivity contribution in [1.82, 2.24) is 4.31 Å². The Morgan fingerprint density at radius 3 is 2.76 bits per heavy atom. The quantitative estimate of drug-likeness (QED) is 0.812. The van der Waals surface area contributed by atoms with E-state index in [0.717, 1.165) is 30.2 Å². The molecule has 0 aromatic heterocycles. The van der Waals surface area contributed by atoms with Crippen LogP contribution in [0.1, 0.15) is 39.0 Å². The highest BCUT2D eigenvalue weighted by atomic mass is 79.9. The molecule has 1 aromatic carbocycles. The van der Waals surface area contributed by atoms with Crippen molar-refractivity contribution in [2.24, 2.45) is 0 Å². The van der Waals surface area contributed by atoms with Gasteiger partial charge in [-0.3, -0.25) is 4.79 Å². The van der Waals surface area contributed by atoms with Crippen molar-refractivity contribution in [2.45, 2.75) is 50.0 Å². The number of carbonyl (C=O) groups excluding carboxylic acids is 1. The largest absolute Gasteiger partial charge is 0.300 e. The Bertz CT molecular complexity index is 615. The van der Waals surface area contributed by atoms with E-state index in [4.69, 9.17) is 0 Å². The zero-order valence-electron chi connectivity index (χ0n) is 12.1. The van der Waals surface area contributed by atoms with E-state index in [-0.39, 0.29) is 16.7 Å². The van der Waals surface area contributed by atoms with Crippen LogP contribution in [0.25, 0.3) is 0 Å². The Balaban J connectivity index is 2.36. The molecule has 2 rings (SSSR count). The number of hydrogen-bond acceptors (Lipinski definition) is 3. The molecule has 0 bridgehead atoms. The molecule has 0 N–H and O–H groups in total. The Hall–Kier alpha value is -0.720. The van der Waals surface area contributed by atoms with Crippen LogP contribution in [0.15, 0.2) is 33.6 Å². The van der Waals surface area contributed by atoms with Crippen LogP contribution in [0.3, 0.4) is 0 Å². The summed E-state index contributed by atoms with van der Waals surface area (Å²) in [5, 5.41) is 0. The molecule has 4 nitrogen and oxygen atoms in total. The minimum Gasteiger partial charge on any atom is -0.300 e. The zero-order valence-corrected chi connectivity index (χ0v) is 14.5. The summed E-state index contributed by atoms with van der Waals surface area (Å²) in [4.78, 5) is 11.7. The van der Waals surface area contributed by atoms with Gasteiger partial charge in [0.25, 0.3) is 0 Å². The van der Waals surface area contributed by atoms with Gasteiger partial charge >= 0.3 is 0 Å². The smallest absolute Gasteiger partial charge is 0.243 e. The number of hydrogen-bond donors (Lipinski definition) is 0. The molecule has 6 heteroatoms. The summed E-state index contributed by atoms with van der Waals surface area (Å²) in [6, 6.07) is 6.53. The second-order valence-corrected chi connectivity index (χ2v) is 8.29. The van der Waals surface area contributed by atoms with Crippen LogP contribution in [-0.2, 0) is 14.8 Å². The van der Waals surface area contributed by atoms with Gasteiger partial charge in [0.05, 0.1) is 4.90 Å². The van der Waals surface area contributed by atoms with Crippen LogP contribution < -0.4 is 0 Å². The molecule has 21 heavy (non-hydrogen) atoms. The number of sulfonamides is 1. The number of benzene rings is 1. The SMILES string of the molecule is CC(=O)CC1CCCCCN1S(=O)(=O)c1cccc(Br)c1. The Kier molecular flexibility index (Phi) is 5.57. The topological polar surface area (TPSA) is 54.5 Å². The summed E-state index contributed by atoms with van der Waals surface area (Å²) >= 11 is 3.31. The number of rotatable bonds is 4. The monoisotopic (exact) mass is 373 g/mol. The minimum absolute atomic E-state index is 0.0383. The maximum Gasteiger partial charge on any atom is 0.243 e. The molecule has 1 aliphatic heterocycles. The number of Topliss-reactive ketones (excluding diaryl/α,β-unsaturated/α-hetero) is 1. The van der Waals surface area contributed by atoms with Crippen molar-refractivity contribution in [3.63, 3.8) is 0 Å². The van der Waals surface area contributed by atoms with Crippen LogP contribution in [-0.4, -0.2) is 31.1 Å². The molecule has 0 saturated carbocycles.